The lowest BCUT2D eigenvalue weighted by molar-refractivity contribution is -0.137. The fourth-order valence-corrected chi connectivity index (χ4v) is 2.67. The first-order valence-corrected chi connectivity index (χ1v) is 7.67. The van der Waals surface area contributed by atoms with Gasteiger partial charge in [-0.05, 0) is 30.3 Å². The molecule has 1 amide bonds. The number of benzene rings is 1. The van der Waals surface area contributed by atoms with Crippen molar-refractivity contribution in [2.75, 3.05) is 5.32 Å². The molecule has 1 aromatic carbocycles. The van der Waals surface area contributed by atoms with E-state index in [1.165, 1.54) is 23.5 Å². The van der Waals surface area contributed by atoms with Crippen molar-refractivity contribution in [2.24, 2.45) is 0 Å². The van der Waals surface area contributed by atoms with Crippen LogP contribution in [0.25, 0.3) is 11.4 Å². The van der Waals surface area contributed by atoms with Crippen LogP contribution in [0.3, 0.4) is 0 Å². The lowest BCUT2D eigenvalue weighted by atomic mass is 10.1. The number of hydrogen-bond donors (Lipinski definition) is 1. The van der Waals surface area contributed by atoms with E-state index in [0.717, 1.165) is 12.1 Å². The normalized spacial score (nSPS) is 11.3. The molecule has 2 heterocycles. The Kier molecular flexibility index (Phi) is 4.30. The van der Waals surface area contributed by atoms with Gasteiger partial charge in [-0.1, -0.05) is 12.1 Å². The van der Waals surface area contributed by atoms with E-state index in [1.807, 2.05) is 6.07 Å². The molecule has 0 aliphatic carbocycles. The molecule has 0 radical (unpaired) electrons. The van der Waals surface area contributed by atoms with Gasteiger partial charge in [0.1, 0.15) is 5.69 Å². The number of rotatable bonds is 3. The van der Waals surface area contributed by atoms with E-state index in [4.69, 9.17) is 0 Å². The van der Waals surface area contributed by atoms with Gasteiger partial charge in [0.25, 0.3) is 5.91 Å². The Morgan fingerprint density at radius 1 is 1.08 bits per heavy atom. The van der Waals surface area contributed by atoms with Crippen LogP contribution in [0.4, 0.5) is 18.3 Å². The Balaban J connectivity index is 1.77. The molecule has 2 aromatic heterocycles. The molecule has 0 fully saturated rings. The number of nitrogens with one attached hydrogen (secondary N) is 1. The Morgan fingerprint density at radius 3 is 2.62 bits per heavy atom. The van der Waals surface area contributed by atoms with Gasteiger partial charge in [0.2, 0.25) is 0 Å². The molecule has 3 rings (SSSR count). The SMILES string of the molecule is O=C(Nc1nc(-c2ccccn2)cs1)c1cccc(C(F)(F)F)c1. The van der Waals surface area contributed by atoms with Crippen LogP contribution >= 0.6 is 11.3 Å². The third-order valence-electron chi connectivity index (χ3n) is 3.10. The summed E-state index contributed by atoms with van der Waals surface area (Å²) in [7, 11) is 0. The highest BCUT2D eigenvalue weighted by Crippen LogP contribution is 2.30. The van der Waals surface area contributed by atoms with Gasteiger partial charge in [-0.3, -0.25) is 15.1 Å². The number of alkyl halides is 3. The molecule has 4 nitrogen and oxygen atoms in total. The Morgan fingerprint density at radius 2 is 1.92 bits per heavy atom. The zero-order chi connectivity index (χ0) is 17.2. The van der Waals surface area contributed by atoms with Gasteiger partial charge >= 0.3 is 6.18 Å². The van der Waals surface area contributed by atoms with E-state index < -0.39 is 17.6 Å². The van der Waals surface area contributed by atoms with Gasteiger partial charge in [0.15, 0.2) is 5.13 Å². The Labute approximate surface area is 139 Å². The minimum absolute atomic E-state index is 0.0839. The van der Waals surface area contributed by atoms with E-state index >= 15 is 0 Å². The number of anilines is 1. The van der Waals surface area contributed by atoms with E-state index in [9.17, 15) is 18.0 Å². The average Bonchev–Trinajstić information content (AvgIpc) is 3.03. The van der Waals surface area contributed by atoms with Gasteiger partial charge in [0.05, 0.1) is 11.3 Å². The van der Waals surface area contributed by atoms with Gasteiger partial charge < -0.3 is 0 Å². The predicted octanol–water partition coefficient (Wildman–Crippen LogP) is 4.48. The maximum Gasteiger partial charge on any atom is 0.416 e. The summed E-state index contributed by atoms with van der Waals surface area (Å²) in [4.78, 5) is 20.5. The van der Waals surface area contributed by atoms with Crippen molar-refractivity contribution in [3.05, 3.63) is 65.2 Å². The summed E-state index contributed by atoms with van der Waals surface area (Å²) in [5, 5.41) is 4.50. The first kappa shape index (κ1) is 16.1. The number of nitrogens with zero attached hydrogens (tertiary/aromatic N) is 2. The molecule has 24 heavy (non-hydrogen) atoms. The van der Waals surface area contributed by atoms with Gasteiger partial charge in [-0.2, -0.15) is 13.2 Å². The molecule has 0 spiro atoms. The number of amides is 1. The molecule has 0 unspecified atom stereocenters. The smallest absolute Gasteiger partial charge is 0.298 e. The quantitative estimate of drug-likeness (QED) is 0.759. The van der Waals surface area contributed by atoms with Gasteiger partial charge in [-0.15, -0.1) is 11.3 Å². The lowest BCUT2D eigenvalue weighted by Crippen LogP contribution is -2.13. The molecular formula is C16H10F3N3OS. The fraction of sp³-hybridized carbons (Fsp3) is 0.0625. The zero-order valence-electron chi connectivity index (χ0n) is 12.0. The fourth-order valence-electron chi connectivity index (χ4n) is 1.97. The summed E-state index contributed by atoms with van der Waals surface area (Å²) in [5.74, 6) is -0.650. The van der Waals surface area contributed by atoms with Crippen LogP contribution in [0.2, 0.25) is 0 Å². The third kappa shape index (κ3) is 3.60. The monoisotopic (exact) mass is 349 g/mol. The van der Waals surface area contributed by atoms with Crippen LogP contribution in [0.5, 0.6) is 0 Å². The minimum atomic E-state index is -4.50. The Bertz CT molecular complexity index is 862. The molecule has 1 N–H and O–H groups in total. The maximum atomic E-state index is 12.7. The molecule has 0 saturated heterocycles. The van der Waals surface area contributed by atoms with Gasteiger partial charge in [0, 0.05) is 17.1 Å². The standard InChI is InChI=1S/C16H10F3N3OS/c17-16(18,19)11-5-3-4-10(8-11)14(23)22-15-21-13(9-24-15)12-6-1-2-7-20-12/h1-9H,(H,21,22,23). The van der Waals surface area contributed by atoms with Crippen molar-refractivity contribution in [1.29, 1.82) is 0 Å². The van der Waals surface area contributed by atoms with E-state index in [2.05, 4.69) is 15.3 Å². The van der Waals surface area contributed by atoms with Crippen molar-refractivity contribution in [3.63, 3.8) is 0 Å². The second kappa shape index (κ2) is 6.40. The number of thiazole rings is 1. The highest BCUT2D eigenvalue weighted by Gasteiger charge is 2.30. The molecule has 0 bridgehead atoms. The largest absolute Gasteiger partial charge is 0.416 e. The van der Waals surface area contributed by atoms with Crippen molar-refractivity contribution in [3.8, 4) is 11.4 Å². The molecule has 0 aliphatic rings. The van der Waals surface area contributed by atoms with E-state index in [1.54, 1.807) is 23.7 Å². The lowest BCUT2D eigenvalue weighted by Gasteiger charge is -2.08. The molecule has 0 atom stereocenters. The summed E-state index contributed by atoms with van der Waals surface area (Å²) in [5.41, 5.74) is 0.274. The first-order valence-electron chi connectivity index (χ1n) is 6.79. The van der Waals surface area contributed by atoms with Crippen molar-refractivity contribution >= 4 is 22.4 Å². The summed E-state index contributed by atoms with van der Waals surface area (Å²) in [6.07, 6.45) is -2.88. The van der Waals surface area contributed by atoms with Crippen LogP contribution in [0, 0.1) is 0 Å². The maximum absolute atomic E-state index is 12.7. The highest BCUT2D eigenvalue weighted by molar-refractivity contribution is 7.14. The number of hydrogen-bond acceptors (Lipinski definition) is 4. The van der Waals surface area contributed by atoms with Crippen molar-refractivity contribution < 1.29 is 18.0 Å². The minimum Gasteiger partial charge on any atom is -0.298 e. The number of carbonyl (C=O) groups is 1. The molecule has 3 aromatic rings. The van der Waals surface area contributed by atoms with Crippen LogP contribution in [-0.2, 0) is 6.18 Å². The van der Waals surface area contributed by atoms with Crippen LogP contribution in [-0.4, -0.2) is 15.9 Å². The number of halogens is 3. The van der Waals surface area contributed by atoms with Crippen molar-refractivity contribution in [1.82, 2.24) is 9.97 Å². The summed E-state index contributed by atoms with van der Waals surface area (Å²) in [6.45, 7) is 0. The number of pyridine rings is 1. The van der Waals surface area contributed by atoms with Gasteiger partial charge in [-0.25, -0.2) is 4.98 Å². The van der Waals surface area contributed by atoms with E-state index in [0.29, 0.717) is 11.4 Å². The van der Waals surface area contributed by atoms with E-state index in [-0.39, 0.29) is 10.7 Å². The second-order valence-electron chi connectivity index (χ2n) is 4.79. The summed E-state index contributed by atoms with van der Waals surface area (Å²) in [6, 6.07) is 9.58. The Hall–Kier alpha value is -2.74. The molecular weight excluding hydrogens is 339 g/mol. The second-order valence-corrected chi connectivity index (χ2v) is 5.64. The first-order chi connectivity index (χ1) is 11.4. The summed E-state index contributed by atoms with van der Waals surface area (Å²) < 4.78 is 38.1. The molecule has 122 valence electrons. The zero-order valence-corrected chi connectivity index (χ0v) is 12.9. The average molecular weight is 349 g/mol. The number of carbonyl (C=O) groups excluding carboxylic acids is 1. The molecule has 0 saturated carbocycles. The van der Waals surface area contributed by atoms with Crippen LogP contribution in [0.15, 0.2) is 54.0 Å². The summed E-state index contributed by atoms with van der Waals surface area (Å²) >= 11 is 1.17. The van der Waals surface area contributed by atoms with Crippen LogP contribution in [0.1, 0.15) is 15.9 Å². The van der Waals surface area contributed by atoms with Crippen molar-refractivity contribution in [2.45, 2.75) is 6.18 Å². The topological polar surface area (TPSA) is 54.9 Å². The molecule has 0 aliphatic heterocycles. The highest BCUT2D eigenvalue weighted by atomic mass is 32.1. The number of aromatic nitrogens is 2. The third-order valence-corrected chi connectivity index (χ3v) is 3.86. The predicted molar refractivity (Wildman–Crippen MR) is 84.7 cm³/mol. The van der Waals surface area contributed by atoms with Crippen LogP contribution < -0.4 is 5.32 Å². The molecule has 8 heteroatoms.